The largest absolute Gasteiger partial charge is 0.353 e. The minimum atomic E-state index is 0.216. The lowest BCUT2D eigenvalue weighted by Gasteiger charge is -2.34. The SMILES string of the molecule is CC(C)NCCCC(=O)NC1CCN(C(C)C)CC1. The van der Waals surface area contributed by atoms with E-state index in [0.29, 0.717) is 24.5 Å². The van der Waals surface area contributed by atoms with Crippen LogP contribution in [0.5, 0.6) is 0 Å². The molecule has 0 atom stereocenters. The van der Waals surface area contributed by atoms with Crippen molar-refractivity contribution in [3.63, 3.8) is 0 Å². The van der Waals surface area contributed by atoms with Gasteiger partial charge >= 0.3 is 0 Å². The second-order valence-corrected chi connectivity index (χ2v) is 6.18. The van der Waals surface area contributed by atoms with Crippen LogP contribution in [-0.4, -0.2) is 48.6 Å². The minimum Gasteiger partial charge on any atom is -0.353 e. The van der Waals surface area contributed by atoms with Crippen molar-refractivity contribution in [2.75, 3.05) is 19.6 Å². The summed E-state index contributed by atoms with van der Waals surface area (Å²) in [6.45, 7) is 11.9. The Morgan fingerprint density at radius 2 is 1.84 bits per heavy atom. The number of carbonyl (C=O) groups excluding carboxylic acids is 1. The molecule has 1 rings (SSSR count). The Balaban J connectivity index is 2.10. The van der Waals surface area contributed by atoms with Gasteiger partial charge in [-0.05, 0) is 39.7 Å². The van der Waals surface area contributed by atoms with Crippen LogP contribution in [0.1, 0.15) is 53.4 Å². The van der Waals surface area contributed by atoms with Crippen molar-refractivity contribution in [2.24, 2.45) is 0 Å². The maximum atomic E-state index is 11.8. The Hall–Kier alpha value is -0.610. The third-order valence-corrected chi connectivity index (χ3v) is 3.76. The summed E-state index contributed by atoms with van der Waals surface area (Å²) in [5, 5.41) is 6.51. The third-order valence-electron chi connectivity index (χ3n) is 3.76. The summed E-state index contributed by atoms with van der Waals surface area (Å²) >= 11 is 0. The van der Waals surface area contributed by atoms with Crippen molar-refractivity contribution < 1.29 is 4.79 Å². The number of carbonyl (C=O) groups is 1. The zero-order chi connectivity index (χ0) is 14.3. The number of likely N-dealkylation sites (tertiary alicyclic amines) is 1. The average Bonchev–Trinajstić information content (AvgIpc) is 2.35. The van der Waals surface area contributed by atoms with E-state index in [1.165, 1.54) is 0 Å². The van der Waals surface area contributed by atoms with Gasteiger partial charge in [-0.3, -0.25) is 4.79 Å². The van der Waals surface area contributed by atoms with Crippen LogP contribution in [0.2, 0.25) is 0 Å². The lowest BCUT2D eigenvalue weighted by Crippen LogP contribution is -2.46. The Morgan fingerprint density at radius 1 is 1.21 bits per heavy atom. The van der Waals surface area contributed by atoms with E-state index < -0.39 is 0 Å². The zero-order valence-electron chi connectivity index (χ0n) is 13.0. The van der Waals surface area contributed by atoms with Gasteiger partial charge in [0.2, 0.25) is 5.91 Å². The molecule has 0 unspecified atom stereocenters. The first-order valence-corrected chi connectivity index (χ1v) is 7.76. The van der Waals surface area contributed by atoms with E-state index in [-0.39, 0.29) is 5.91 Å². The van der Waals surface area contributed by atoms with E-state index >= 15 is 0 Å². The number of hydrogen-bond donors (Lipinski definition) is 2. The molecule has 0 aromatic heterocycles. The predicted octanol–water partition coefficient (Wildman–Crippen LogP) is 1.75. The summed E-state index contributed by atoms with van der Waals surface area (Å²) in [6.07, 6.45) is 3.75. The van der Waals surface area contributed by atoms with E-state index in [0.717, 1.165) is 38.9 Å². The van der Waals surface area contributed by atoms with E-state index in [1.54, 1.807) is 0 Å². The lowest BCUT2D eigenvalue weighted by atomic mass is 10.0. The first kappa shape index (κ1) is 16.4. The number of nitrogens with one attached hydrogen (secondary N) is 2. The highest BCUT2D eigenvalue weighted by atomic mass is 16.1. The second kappa shape index (κ2) is 8.54. The standard InChI is InChI=1S/C15H31N3O/c1-12(2)16-9-5-6-15(19)17-14-7-10-18(11-8-14)13(3)4/h12-14,16H,5-11H2,1-4H3,(H,17,19). The van der Waals surface area contributed by atoms with Crippen LogP contribution in [0.25, 0.3) is 0 Å². The molecule has 0 saturated carbocycles. The maximum absolute atomic E-state index is 11.8. The molecule has 1 aliphatic heterocycles. The summed E-state index contributed by atoms with van der Waals surface area (Å²) < 4.78 is 0. The normalized spacial score (nSPS) is 18.2. The fourth-order valence-electron chi connectivity index (χ4n) is 2.50. The van der Waals surface area contributed by atoms with Crippen LogP contribution in [0.3, 0.4) is 0 Å². The number of hydrogen-bond acceptors (Lipinski definition) is 3. The maximum Gasteiger partial charge on any atom is 0.220 e. The van der Waals surface area contributed by atoms with Crippen LogP contribution in [0, 0.1) is 0 Å². The van der Waals surface area contributed by atoms with Gasteiger partial charge in [0, 0.05) is 37.6 Å². The average molecular weight is 269 g/mol. The van der Waals surface area contributed by atoms with Crippen LogP contribution in [0.15, 0.2) is 0 Å². The Labute approximate surface area is 118 Å². The number of rotatable bonds is 7. The van der Waals surface area contributed by atoms with E-state index in [2.05, 4.69) is 43.2 Å². The van der Waals surface area contributed by atoms with Gasteiger partial charge in [-0.2, -0.15) is 0 Å². The highest BCUT2D eigenvalue weighted by Crippen LogP contribution is 2.13. The van der Waals surface area contributed by atoms with Crippen molar-refractivity contribution in [1.82, 2.24) is 15.5 Å². The van der Waals surface area contributed by atoms with Gasteiger partial charge in [-0.15, -0.1) is 0 Å². The molecule has 2 N–H and O–H groups in total. The smallest absolute Gasteiger partial charge is 0.220 e. The van der Waals surface area contributed by atoms with E-state index in [4.69, 9.17) is 0 Å². The predicted molar refractivity (Wildman–Crippen MR) is 80.2 cm³/mol. The number of amides is 1. The molecule has 112 valence electrons. The highest BCUT2D eigenvalue weighted by molar-refractivity contribution is 5.76. The van der Waals surface area contributed by atoms with Crippen LogP contribution in [-0.2, 0) is 4.79 Å². The summed E-state index contributed by atoms with van der Waals surface area (Å²) in [7, 11) is 0. The summed E-state index contributed by atoms with van der Waals surface area (Å²) in [5.41, 5.74) is 0. The molecule has 0 aromatic carbocycles. The van der Waals surface area contributed by atoms with Gasteiger partial charge in [0.25, 0.3) is 0 Å². The molecule has 0 aliphatic carbocycles. The quantitative estimate of drug-likeness (QED) is 0.692. The van der Waals surface area contributed by atoms with Crippen molar-refractivity contribution in [3.05, 3.63) is 0 Å². The molecule has 1 saturated heterocycles. The highest BCUT2D eigenvalue weighted by Gasteiger charge is 2.21. The topological polar surface area (TPSA) is 44.4 Å². The second-order valence-electron chi connectivity index (χ2n) is 6.18. The van der Waals surface area contributed by atoms with Crippen molar-refractivity contribution >= 4 is 5.91 Å². The van der Waals surface area contributed by atoms with Gasteiger partial charge < -0.3 is 15.5 Å². The molecular weight excluding hydrogens is 238 g/mol. The number of nitrogens with zero attached hydrogens (tertiary/aromatic N) is 1. The molecule has 0 aromatic rings. The van der Waals surface area contributed by atoms with Gasteiger partial charge in [0.15, 0.2) is 0 Å². The molecule has 1 amide bonds. The molecule has 1 fully saturated rings. The van der Waals surface area contributed by atoms with E-state index in [9.17, 15) is 4.79 Å². The van der Waals surface area contributed by atoms with Crippen LogP contribution in [0.4, 0.5) is 0 Å². The summed E-state index contributed by atoms with van der Waals surface area (Å²) in [5.74, 6) is 0.216. The van der Waals surface area contributed by atoms with Crippen molar-refractivity contribution in [3.8, 4) is 0 Å². The molecule has 4 heteroatoms. The zero-order valence-corrected chi connectivity index (χ0v) is 13.0. The van der Waals surface area contributed by atoms with E-state index in [1.807, 2.05) is 0 Å². The lowest BCUT2D eigenvalue weighted by molar-refractivity contribution is -0.122. The fourth-order valence-corrected chi connectivity index (χ4v) is 2.50. The number of piperidine rings is 1. The fraction of sp³-hybridized carbons (Fsp3) is 0.933. The molecule has 4 nitrogen and oxygen atoms in total. The summed E-state index contributed by atoms with van der Waals surface area (Å²) in [4.78, 5) is 14.3. The monoisotopic (exact) mass is 269 g/mol. The molecule has 1 aliphatic rings. The molecular formula is C15H31N3O. The molecule has 0 spiro atoms. The van der Waals surface area contributed by atoms with Crippen LogP contribution < -0.4 is 10.6 Å². The van der Waals surface area contributed by atoms with Crippen molar-refractivity contribution in [1.29, 1.82) is 0 Å². The van der Waals surface area contributed by atoms with Crippen LogP contribution >= 0.6 is 0 Å². The Kier molecular flexibility index (Phi) is 7.39. The van der Waals surface area contributed by atoms with Crippen molar-refractivity contribution in [2.45, 2.75) is 71.5 Å². The van der Waals surface area contributed by atoms with Gasteiger partial charge in [0.05, 0.1) is 0 Å². The first-order valence-electron chi connectivity index (χ1n) is 7.76. The molecule has 0 radical (unpaired) electrons. The minimum absolute atomic E-state index is 0.216. The Bertz CT molecular complexity index is 258. The van der Waals surface area contributed by atoms with Gasteiger partial charge in [-0.1, -0.05) is 13.8 Å². The van der Waals surface area contributed by atoms with Gasteiger partial charge in [0.1, 0.15) is 0 Å². The van der Waals surface area contributed by atoms with Gasteiger partial charge in [-0.25, -0.2) is 0 Å². The molecule has 0 bridgehead atoms. The summed E-state index contributed by atoms with van der Waals surface area (Å²) in [6, 6.07) is 1.52. The first-order chi connectivity index (χ1) is 8.99. The molecule has 1 heterocycles. The molecule has 19 heavy (non-hydrogen) atoms. The third kappa shape index (κ3) is 6.92. The Morgan fingerprint density at radius 3 is 2.37 bits per heavy atom.